The Morgan fingerprint density at radius 1 is 1.17 bits per heavy atom. The van der Waals surface area contributed by atoms with E-state index < -0.39 is 11.8 Å². The fraction of sp³-hybridized carbons (Fsp3) is 0.100. The Bertz CT molecular complexity index is 1020. The number of rotatable bonds is 6. The molecule has 1 heterocycles. The fourth-order valence-electron chi connectivity index (χ4n) is 2.56. The van der Waals surface area contributed by atoms with Crippen molar-refractivity contribution >= 4 is 57.8 Å². The summed E-state index contributed by atoms with van der Waals surface area (Å²) in [4.78, 5) is 37.1. The van der Waals surface area contributed by atoms with Gasteiger partial charge in [0.2, 0.25) is 5.91 Å². The lowest BCUT2D eigenvalue weighted by atomic mass is 10.2. The first-order valence-corrected chi connectivity index (χ1v) is 9.71. The number of anilines is 1. The topological polar surface area (TPSA) is 86.7 Å². The minimum absolute atomic E-state index is 0.0000993. The molecular weight excluding hydrogens is 415 g/mol. The van der Waals surface area contributed by atoms with Crippen molar-refractivity contribution in [3.63, 3.8) is 0 Å². The lowest BCUT2D eigenvalue weighted by molar-refractivity contribution is -0.122. The number of benzene rings is 2. The summed E-state index contributed by atoms with van der Waals surface area (Å²) in [5.74, 6) is -2.21. The predicted octanol–water partition coefficient (Wildman–Crippen LogP) is 3.75. The van der Waals surface area contributed by atoms with Crippen molar-refractivity contribution in [2.24, 2.45) is 0 Å². The number of hydrogen-bond donors (Lipinski definition) is 2. The van der Waals surface area contributed by atoms with Crippen LogP contribution in [0.3, 0.4) is 0 Å². The summed E-state index contributed by atoms with van der Waals surface area (Å²) < 4.78 is 14.1. The largest absolute Gasteiger partial charge is 0.478 e. The summed E-state index contributed by atoms with van der Waals surface area (Å²) in [5.41, 5.74) is 0.850. The summed E-state index contributed by atoms with van der Waals surface area (Å²) >= 11 is 6.27. The van der Waals surface area contributed by atoms with E-state index in [1.54, 1.807) is 18.2 Å². The molecule has 0 saturated carbocycles. The third kappa shape index (κ3) is 5.07. The molecule has 0 aliphatic carbocycles. The number of amides is 2. The maximum Gasteiger partial charge on any atom is 0.335 e. The molecule has 0 unspecified atom stereocenters. The van der Waals surface area contributed by atoms with Crippen molar-refractivity contribution in [3.05, 3.63) is 70.4 Å². The number of nitrogens with one attached hydrogen (secondary N) is 1. The van der Waals surface area contributed by atoms with Crippen LogP contribution in [0.1, 0.15) is 22.3 Å². The van der Waals surface area contributed by atoms with Gasteiger partial charge in [-0.2, -0.15) is 0 Å². The maximum atomic E-state index is 13.8. The van der Waals surface area contributed by atoms with E-state index in [1.807, 2.05) is 0 Å². The van der Waals surface area contributed by atoms with Gasteiger partial charge in [-0.05, 0) is 36.4 Å². The Kier molecular flexibility index (Phi) is 6.40. The molecule has 2 amide bonds. The van der Waals surface area contributed by atoms with Crippen LogP contribution in [0, 0.1) is 5.82 Å². The molecule has 0 radical (unpaired) electrons. The Labute approximate surface area is 175 Å². The monoisotopic (exact) mass is 430 g/mol. The molecule has 1 saturated heterocycles. The van der Waals surface area contributed by atoms with Crippen LogP contribution in [0.2, 0.25) is 0 Å². The Balaban J connectivity index is 1.59. The highest BCUT2D eigenvalue weighted by atomic mass is 32.2. The van der Waals surface area contributed by atoms with E-state index in [0.717, 1.165) is 11.8 Å². The molecule has 2 N–H and O–H groups in total. The lowest BCUT2D eigenvalue weighted by Gasteiger charge is -2.14. The van der Waals surface area contributed by atoms with E-state index in [0.29, 0.717) is 14.9 Å². The van der Waals surface area contributed by atoms with Crippen molar-refractivity contribution in [1.82, 2.24) is 4.90 Å². The van der Waals surface area contributed by atoms with Gasteiger partial charge in [-0.3, -0.25) is 14.5 Å². The van der Waals surface area contributed by atoms with Gasteiger partial charge in [-0.1, -0.05) is 42.2 Å². The van der Waals surface area contributed by atoms with Crippen LogP contribution in [-0.2, 0) is 9.59 Å². The number of carbonyl (C=O) groups is 3. The minimum Gasteiger partial charge on any atom is -0.478 e. The summed E-state index contributed by atoms with van der Waals surface area (Å²) in [6.45, 7) is 0.0817. The molecule has 2 aromatic rings. The molecular formula is C20H15FN2O4S2. The lowest BCUT2D eigenvalue weighted by Crippen LogP contribution is -2.31. The molecule has 1 fully saturated rings. The Morgan fingerprint density at radius 3 is 2.52 bits per heavy atom. The SMILES string of the molecule is O=C(CCN1C(=O)C(=Cc2ccccc2F)SC1=S)Nc1ccc(C(=O)O)cc1. The highest BCUT2D eigenvalue weighted by Gasteiger charge is 2.32. The molecule has 0 bridgehead atoms. The molecule has 0 aromatic heterocycles. The maximum absolute atomic E-state index is 13.8. The molecule has 0 spiro atoms. The van der Waals surface area contributed by atoms with E-state index >= 15 is 0 Å². The van der Waals surface area contributed by atoms with Crippen molar-refractivity contribution in [1.29, 1.82) is 0 Å². The number of nitrogens with zero attached hydrogens (tertiary/aromatic N) is 1. The van der Waals surface area contributed by atoms with Gasteiger partial charge in [-0.15, -0.1) is 0 Å². The Morgan fingerprint density at radius 2 is 1.86 bits per heavy atom. The van der Waals surface area contributed by atoms with Crippen LogP contribution < -0.4 is 5.32 Å². The third-order valence-electron chi connectivity index (χ3n) is 4.04. The second-order valence-electron chi connectivity index (χ2n) is 6.04. The van der Waals surface area contributed by atoms with Gasteiger partial charge in [0.25, 0.3) is 5.91 Å². The van der Waals surface area contributed by atoms with Gasteiger partial charge >= 0.3 is 5.97 Å². The van der Waals surface area contributed by atoms with Gasteiger partial charge < -0.3 is 10.4 Å². The van der Waals surface area contributed by atoms with Crippen LogP contribution in [0.15, 0.2) is 53.4 Å². The number of carboxylic acids is 1. The minimum atomic E-state index is -1.05. The average Bonchev–Trinajstić information content (AvgIpc) is 2.95. The summed E-state index contributed by atoms with van der Waals surface area (Å²) in [6, 6.07) is 11.8. The van der Waals surface area contributed by atoms with Crippen molar-refractivity contribution in [2.75, 3.05) is 11.9 Å². The van der Waals surface area contributed by atoms with Crippen LogP contribution >= 0.6 is 24.0 Å². The molecule has 1 aliphatic rings. The van der Waals surface area contributed by atoms with E-state index in [4.69, 9.17) is 17.3 Å². The zero-order chi connectivity index (χ0) is 21.0. The van der Waals surface area contributed by atoms with E-state index in [9.17, 15) is 18.8 Å². The molecule has 148 valence electrons. The molecule has 2 aromatic carbocycles. The van der Waals surface area contributed by atoms with Crippen LogP contribution in [-0.4, -0.2) is 38.7 Å². The molecule has 29 heavy (non-hydrogen) atoms. The summed E-state index contributed by atoms with van der Waals surface area (Å²) in [5, 5.41) is 11.5. The second kappa shape index (κ2) is 8.97. The van der Waals surface area contributed by atoms with E-state index in [1.165, 1.54) is 41.3 Å². The average molecular weight is 430 g/mol. The Hall–Kier alpha value is -3.04. The quantitative estimate of drug-likeness (QED) is 0.536. The normalized spacial score (nSPS) is 15.1. The van der Waals surface area contributed by atoms with Crippen molar-refractivity contribution in [3.8, 4) is 0 Å². The smallest absolute Gasteiger partial charge is 0.335 e. The van der Waals surface area contributed by atoms with Gasteiger partial charge in [0.1, 0.15) is 10.1 Å². The highest BCUT2D eigenvalue weighted by molar-refractivity contribution is 8.26. The van der Waals surface area contributed by atoms with Gasteiger partial charge in [0.15, 0.2) is 0 Å². The fourth-order valence-corrected chi connectivity index (χ4v) is 3.86. The first-order chi connectivity index (χ1) is 13.8. The van der Waals surface area contributed by atoms with Gasteiger partial charge in [0, 0.05) is 24.2 Å². The second-order valence-corrected chi connectivity index (χ2v) is 7.71. The number of thioether (sulfide) groups is 1. The number of hydrogen-bond acceptors (Lipinski definition) is 5. The number of halogens is 1. The highest BCUT2D eigenvalue weighted by Crippen LogP contribution is 2.33. The summed E-state index contributed by atoms with van der Waals surface area (Å²) in [6.07, 6.45) is 1.44. The number of thiocarbonyl (C=S) groups is 1. The zero-order valence-electron chi connectivity index (χ0n) is 14.9. The molecule has 3 rings (SSSR count). The van der Waals surface area contributed by atoms with Crippen LogP contribution in [0.4, 0.5) is 10.1 Å². The summed E-state index contributed by atoms with van der Waals surface area (Å²) in [7, 11) is 0. The standard InChI is InChI=1S/C20H15FN2O4S2/c21-15-4-2-1-3-13(15)11-16-18(25)23(20(28)29-16)10-9-17(24)22-14-7-5-12(6-8-14)19(26)27/h1-8,11H,9-10H2,(H,22,24)(H,26,27). The van der Waals surface area contributed by atoms with E-state index in [2.05, 4.69) is 5.32 Å². The van der Waals surface area contributed by atoms with Crippen molar-refractivity contribution < 1.29 is 23.9 Å². The molecule has 6 nitrogen and oxygen atoms in total. The first-order valence-electron chi connectivity index (χ1n) is 8.48. The first kappa shape index (κ1) is 20.7. The zero-order valence-corrected chi connectivity index (χ0v) is 16.6. The van der Waals surface area contributed by atoms with Gasteiger partial charge in [-0.25, -0.2) is 9.18 Å². The number of carboxylic acid groups (broad SMARTS) is 1. The predicted molar refractivity (Wildman–Crippen MR) is 113 cm³/mol. The van der Waals surface area contributed by atoms with E-state index in [-0.39, 0.29) is 35.9 Å². The molecule has 1 aliphatic heterocycles. The molecule has 9 heteroatoms. The number of aromatic carboxylic acids is 1. The third-order valence-corrected chi connectivity index (χ3v) is 5.42. The van der Waals surface area contributed by atoms with Gasteiger partial charge in [0.05, 0.1) is 10.5 Å². The number of carbonyl (C=O) groups excluding carboxylic acids is 2. The van der Waals surface area contributed by atoms with Crippen LogP contribution in [0.25, 0.3) is 6.08 Å². The van der Waals surface area contributed by atoms with Crippen LogP contribution in [0.5, 0.6) is 0 Å². The van der Waals surface area contributed by atoms with Crippen molar-refractivity contribution in [2.45, 2.75) is 6.42 Å². The molecule has 0 atom stereocenters.